The van der Waals surface area contributed by atoms with Crippen LogP contribution in [0.1, 0.15) is 43.2 Å². The van der Waals surface area contributed by atoms with Crippen LogP contribution in [-0.4, -0.2) is 6.54 Å². The van der Waals surface area contributed by atoms with Gasteiger partial charge in [-0.25, -0.2) is 0 Å². The maximum absolute atomic E-state index is 3.54. The Morgan fingerprint density at radius 2 is 2.31 bits per heavy atom. The summed E-state index contributed by atoms with van der Waals surface area (Å²) in [6.07, 6.45) is 2.54. The predicted molar refractivity (Wildman–Crippen MR) is 60.4 cm³/mol. The molecule has 1 aromatic heterocycles. The summed E-state index contributed by atoms with van der Waals surface area (Å²) in [5.74, 6) is 0. The highest BCUT2D eigenvalue weighted by Gasteiger charge is 2.07. The standard InChI is InChI=1S/C11H19NS/c1-4-5-7-12-10(3)11-9(2)6-8-13-11/h6,8,10,12H,4-5,7H2,1-3H3. The maximum Gasteiger partial charge on any atom is 0.0388 e. The molecule has 13 heavy (non-hydrogen) atoms. The van der Waals surface area contributed by atoms with E-state index in [9.17, 15) is 0 Å². The van der Waals surface area contributed by atoms with Crippen molar-refractivity contribution in [2.24, 2.45) is 0 Å². The first-order valence-corrected chi connectivity index (χ1v) is 5.91. The van der Waals surface area contributed by atoms with Crippen molar-refractivity contribution >= 4 is 11.3 Å². The molecule has 0 saturated carbocycles. The number of aryl methyl sites for hydroxylation is 1. The first-order chi connectivity index (χ1) is 6.25. The van der Waals surface area contributed by atoms with E-state index in [2.05, 4.69) is 37.5 Å². The highest BCUT2D eigenvalue weighted by atomic mass is 32.1. The minimum atomic E-state index is 0.520. The molecular formula is C11H19NS. The Hall–Kier alpha value is -0.340. The van der Waals surface area contributed by atoms with Crippen LogP contribution in [0.5, 0.6) is 0 Å². The summed E-state index contributed by atoms with van der Waals surface area (Å²) in [4.78, 5) is 1.48. The lowest BCUT2D eigenvalue weighted by atomic mass is 10.2. The van der Waals surface area contributed by atoms with Crippen molar-refractivity contribution in [1.29, 1.82) is 0 Å². The Labute approximate surface area is 85.2 Å². The molecule has 2 heteroatoms. The second kappa shape index (κ2) is 5.40. The number of hydrogen-bond acceptors (Lipinski definition) is 2. The van der Waals surface area contributed by atoms with E-state index < -0.39 is 0 Å². The van der Waals surface area contributed by atoms with Crippen LogP contribution in [0, 0.1) is 6.92 Å². The first kappa shape index (κ1) is 10.7. The van der Waals surface area contributed by atoms with Crippen LogP contribution in [0.3, 0.4) is 0 Å². The normalized spacial score (nSPS) is 13.2. The molecule has 1 aromatic rings. The van der Waals surface area contributed by atoms with Gasteiger partial charge in [-0.05, 0) is 43.8 Å². The van der Waals surface area contributed by atoms with Crippen LogP contribution in [0.15, 0.2) is 11.4 Å². The zero-order valence-corrected chi connectivity index (χ0v) is 9.58. The van der Waals surface area contributed by atoms with Gasteiger partial charge in [0.05, 0.1) is 0 Å². The molecule has 0 amide bonds. The van der Waals surface area contributed by atoms with Crippen LogP contribution in [0.2, 0.25) is 0 Å². The Bertz CT molecular complexity index is 242. The van der Waals surface area contributed by atoms with Crippen molar-refractivity contribution in [1.82, 2.24) is 5.32 Å². The highest BCUT2D eigenvalue weighted by Crippen LogP contribution is 2.23. The third kappa shape index (κ3) is 3.12. The summed E-state index contributed by atoms with van der Waals surface area (Å²) in [6.45, 7) is 7.79. The van der Waals surface area contributed by atoms with Crippen LogP contribution < -0.4 is 5.32 Å². The lowest BCUT2D eigenvalue weighted by Gasteiger charge is -2.12. The highest BCUT2D eigenvalue weighted by molar-refractivity contribution is 7.10. The quantitative estimate of drug-likeness (QED) is 0.712. The topological polar surface area (TPSA) is 12.0 Å². The summed E-state index contributed by atoms with van der Waals surface area (Å²) >= 11 is 1.85. The summed E-state index contributed by atoms with van der Waals surface area (Å²) in [7, 11) is 0. The molecule has 0 aliphatic heterocycles. The lowest BCUT2D eigenvalue weighted by Crippen LogP contribution is -2.19. The molecule has 1 rings (SSSR count). The molecule has 1 N–H and O–H groups in total. The molecule has 1 atom stereocenters. The van der Waals surface area contributed by atoms with Gasteiger partial charge in [0.2, 0.25) is 0 Å². The van der Waals surface area contributed by atoms with Gasteiger partial charge in [0.15, 0.2) is 0 Å². The molecule has 1 nitrogen and oxygen atoms in total. The zero-order valence-electron chi connectivity index (χ0n) is 8.76. The second-order valence-corrected chi connectivity index (χ2v) is 4.44. The molecule has 0 aliphatic carbocycles. The first-order valence-electron chi connectivity index (χ1n) is 5.03. The summed E-state index contributed by atoms with van der Waals surface area (Å²) < 4.78 is 0. The number of unbranched alkanes of at least 4 members (excludes halogenated alkanes) is 1. The van der Waals surface area contributed by atoms with Gasteiger partial charge in [-0.3, -0.25) is 0 Å². The van der Waals surface area contributed by atoms with Gasteiger partial charge in [0.1, 0.15) is 0 Å². The maximum atomic E-state index is 3.54. The van der Waals surface area contributed by atoms with Gasteiger partial charge >= 0.3 is 0 Å². The van der Waals surface area contributed by atoms with E-state index in [4.69, 9.17) is 0 Å². The number of hydrogen-bond donors (Lipinski definition) is 1. The molecule has 0 aromatic carbocycles. The summed E-state index contributed by atoms with van der Waals surface area (Å²) in [5, 5.41) is 5.71. The van der Waals surface area contributed by atoms with E-state index >= 15 is 0 Å². The minimum absolute atomic E-state index is 0.520. The van der Waals surface area contributed by atoms with E-state index in [1.807, 2.05) is 11.3 Å². The molecular weight excluding hydrogens is 178 g/mol. The molecule has 0 fully saturated rings. The average molecular weight is 197 g/mol. The third-order valence-electron chi connectivity index (χ3n) is 2.28. The van der Waals surface area contributed by atoms with E-state index in [-0.39, 0.29) is 0 Å². The van der Waals surface area contributed by atoms with Gasteiger partial charge in [-0.2, -0.15) is 0 Å². The van der Waals surface area contributed by atoms with Crippen molar-refractivity contribution in [2.45, 2.75) is 39.7 Å². The van der Waals surface area contributed by atoms with Gasteiger partial charge in [0.25, 0.3) is 0 Å². The van der Waals surface area contributed by atoms with Crippen LogP contribution in [0.25, 0.3) is 0 Å². The van der Waals surface area contributed by atoms with Gasteiger partial charge in [-0.15, -0.1) is 11.3 Å². The van der Waals surface area contributed by atoms with Crippen molar-refractivity contribution in [3.63, 3.8) is 0 Å². The van der Waals surface area contributed by atoms with Crippen molar-refractivity contribution < 1.29 is 0 Å². The number of thiophene rings is 1. The zero-order chi connectivity index (χ0) is 9.68. The van der Waals surface area contributed by atoms with E-state index in [1.54, 1.807) is 0 Å². The Morgan fingerprint density at radius 1 is 1.54 bits per heavy atom. The summed E-state index contributed by atoms with van der Waals surface area (Å²) in [5.41, 5.74) is 1.42. The van der Waals surface area contributed by atoms with Crippen molar-refractivity contribution in [3.8, 4) is 0 Å². The molecule has 1 heterocycles. The largest absolute Gasteiger partial charge is 0.309 e. The Kier molecular flexibility index (Phi) is 4.46. The molecule has 0 bridgehead atoms. The lowest BCUT2D eigenvalue weighted by molar-refractivity contribution is 0.559. The van der Waals surface area contributed by atoms with Gasteiger partial charge in [-0.1, -0.05) is 13.3 Å². The van der Waals surface area contributed by atoms with Crippen LogP contribution in [-0.2, 0) is 0 Å². The van der Waals surface area contributed by atoms with Crippen molar-refractivity contribution in [2.75, 3.05) is 6.54 Å². The Morgan fingerprint density at radius 3 is 2.85 bits per heavy atom. The third-order valence-corrected chi connectivity index (χ3v) is 3.48. The fraction of sp³-hybridized carbons (Fsp3) is 0.636. The van der Waals surface area contributed by atoms with Crippen LogP contribution in [0.4, 0.5) is 0 Å². The van der Waals surface area contributed by atoms with Gasteiger partial charge in [0, 0.05) is 10.9 Å². The molecule has 0 aliphatic rings. The fourth-order valence-corrected chi connectivity index (χ4v) is 2.38. The predicted octanol–water partition coefficient (Wildman–Crippen LogP) is 3.51. The molecule has 1 unspecified atom stereocenters. The van der Waals surface area contributed by atoms with Crippen LogP contribution >= 0.6 is 11.3 Å². The Balaban J connectivity index is 2.39. The molecule has 0 spiro atoms. The smallest absolute Gasteiger partial charge is 0.0388 e. The SMILES string of the molecule is CCCCNC(C)c1sccc1C. The second-order valence-electron chi connectivity index (χ2n) is 3.50. The van der Waals surface area contributed by atoms with E-state index in [0.717, 1.165) is 6.54 Å². The molecule has 0 saturated heterocycles. The summed E-state index contributed by atoms with van der Waals surface area (Å²) in [6, 6.07) is 2.71. The average Bonchev–Trinajstić information content (AvgIpc) is 2.52. The number of rotatable bonds is 5. The van der Waals surface area contributed by atoms with Crippen molar-refractivity contribution in [3.05, 3.63) is 21.9 Å². The fourth-order valence-electron chi connectivity index (χ4n) is 1.42. The van der Waals surface area contributed by atoms with E-state index in [0.29, 0.717) is 6.04 Å². The molecule has 74 valence electrons. The molecule has 0 radical (unpaired) electrons. The monoisotopic (exact) mass is 197 g/mol. The minimum Gasteiger partial charge on any atom is -0.309 e. The van der Waals surface area contributed by atoms with E-state index in [1.165, 1.54) is 23.3 Å². The number of nitrogens with one attached hydrogen (secondary N) is 1. The van der Waals surface area contributed by atoms with Gasteiger partial charge < -0.3 is 5.32 Å².